The summed E-state index contributed by atoms with van der Waals surface area (Å²) in [6.45, 7) is 4.84. The summed E-state index contributed by atoms with van der Waals surface area (Å²) in [5.74, 6) is 0. The molecule has 0 radical (unpaired) electrons. The van der Waals surface area contributed by atoms with Gasteiger partial charge in [-0.15, -0.1) is 0 Å². The van der Waals surface area contributed by atoms with E-state index in [1.807, 2.05) is 11.0 Å². The Bertz CT molecular complexity index is 1040. The molecule has 3 aromatic carbocycles. The van der Waals surface area contributed by atoms with Crippen LogP contribution in [0.5, 0.6) is 0 Å². The number of nitrogens with zero attached hydrogens (tertiary/aromatic N) is 2. The second-order valence-corrected chi connectivity index (χ2v) is 8.65. The van der Waals surface area contributed by atoms with Crippen molar-refractivity contribution in [2.75, 3.05) is 39.5 Å². The highest BCUT2D eigenvalue weighted by molar-refractivity contribution is 5.85. The molecule has 0 spiro atoms. The molecule has 2 heterocycles. The van der Waals surface area contributed by atoms with E-state index in [0.29, 0.717) is 6.61 Å². The number of hydrogen-bond acceptors (Lipinski definition) is 4. The van der Waals surface area contributed by atoms with Crippen LogP contribution in [-0.4, -0.2) is 61.4 Å². The van der Waals surface area contributed by atoms with Crippen LogP contribution in [0.25, 0.3) is 10.8 Å². The van der Waals surface area contributed by atoms with E-state index in [9.17, 15) is 4.79 Å². The molecule has 2 atom stereocenters. The highest BCUT2D eigenvalue weighted by Gasteiger charge is 2.39. The van der Waals surface area contributed by atoms with Gasteiger partial charge in [0.05, 0.1) is 25.3 Å². The first kappa shape index (κ1) is 21.0. The van der Waals surface area contributed by atoms with Crippen molar-refractivity contribution in [3.05, 3.63) is 83.9 Å². The van der Waals surface area contributed by atoms with E-state index in [2.05, 4.69) is 71.6 Å². The van der Waals surface area contributed by atoms with E-state index in [0.717, 1.165) is 45.7 Å². The Morgan fingerprint density at radius 2 is 1.66 bits per heavy atom. The van der Waals surface area contributed by atoms with E-state index >= 15 is 0 Å². The van der Waals surface area contributed by atoms with Crippen molar-refractivity contribution in [2.24, 2.45) is 0 Å². The van der Waals surface area contributed by atoms with Crippen molar-refractivity contribution in [2.45, 2.75) is 24.9 Å². The van der Waals surface area contributed by atoms with Crippen LogP contribution >= 0.6 is 0 Å². The van der Waals surface area contributed by atoms with Gasteiger partial charge in [-0.1, -0.05) is 72.8 Å². The molecule has 5 heteroatoms. The van der Waals surface area contributed by atoms with Crippen molar-refractivity contribution < 1.29 is 14.3 Å². The number of ether oxygens (including phenoxy) is 2. The summed E-state index contributed by atoms with van der Waals surface area (Å²) in [5.41, 5.74) is 2.43. The number of carbonyl (C=O) groups excluding carboxylic acids is 1. The zero-order chi connectivity index (χ0) is 21.8. The van der Waals surface area contributed by atoms with Gasteiger partial charge in [0.2, 0.25) is 0 Å². The van der Waals surface area contributed by atoms with Gasteiger partial charge in [0.15, 0.2) is 0 Å². The van der Waals surface area contributed by atoms with Crippen LogP contribution in [0.3, 0.4) is 0 Å². The lowest BCUT2D eigenvalue weighted by Crippen LogP contribution is -2.42. The zero-order valence-corrected chi connectivity index (χ0v) is 18.4. The van der Waals surface area contributed by atoms with Crippen LogP contribution in [0.2, 0.25) is 0 Å². The second kappa shape index (κ2) is 9.72. The second-order valence-electron chi connectivity index (χ2n) is 8.65. The number of fused-ring (bicyclic) bond motifs is 1. The highest BCUT2D eigenvalue weighted by Crippen LogP contribution is 2.33. The molecule has 0 aliphatic carbocycles. The highest BCUT2D eigenvalue weighted by atomic mass is 16.6. The van der Waals surface area contributed by atoms with Gasteiger partial charge in [0.25, 0.3) is 0 Å². The molecule has 5 nitrogen and oxygen atoms in total. The summed E-state index contributed by atoms with van der Waals surface area (Å²) < 4.78 is 11.1. The number of amides is 1. The van der Waals surface area contributed by atoms with Gasteiger partial charge in [0.1, 0.15) is 6.61 Å². The molecular formula is C27H30N2O3. The Kier molecular flexibility index (Phi) is 6.37. The molecule has 5 rings (SSSR count). The first-order valence-corrected chi connectivity index (χ1v) is 11.6. The Labute approximate surface area is 189 Å². The smallest absolute Gasteiger partial charge is 0.410 e. The van der Waals surface area contributed by atoms with E-state index in [1.165, 1.54) is 21.9 Å². The van der Waals surface area contributed by atoms with Gasteiger partial charge in [-0.3, -0.25) is 9.80 Å². The van der Waals surface area contributed by atoms with Crippen molar-refractivity contribution in [3.8, 4) is 0 Å². The van der Waals surface area contributed by atoms with Crippen molar-refractivity contribution in [1.29, 1.82) is 0 Å². The molecule has 0 bridgehead atoms. The minimum absolute atomic E-state index is 0.00554. The largest absolute Gasteiger partial charge is 0.447 e. The Hall–Kier alpha value is -2.89. The van der Waals surface area contributed by atoms with Gasteiger partial charge in [-0.2, -0.15) is 0 Å². The fourth-order valence-electron chi connectivity index (χ4n) is 5.01. The van der Waals surface area contributed by atoms with E-state index < -0.39 is 0 Å². The summed E-state index contributed by atoms with van der Waals surface area (Å²) in [5, 5.41) is 2.48. The Morgan fingerprint density at radius 3 is 2.50 bits per heavy atom. The van der Waals surface area contributed by atoms with Crippen LogP contribution < -0.4 is 0 Å². The van der Waals surface area contributed by atoms with Crippen LogP contribution in [0, 0.1) is 0 Å². The number of cyclic esters (lactones) is 1. The SMILES string of the molecule is O=C1OCC(Cc2cccc3ccccc23)N1C(CCN1CCOCC1)c1ccccc1. The Morgan fingerprint density at radius 1 is 0.906 bits per heavy atom. The molecular weight excluding hydrogens is 400 g/mol. The minimum atomic E-state index is -0.203. The predicted molar refractivity (Wildman–Crippen MR) is 126 cm³/mol. The average Bonchev–Trinajstić information content (AvgIpc) is 3.21. The van der Waals surface area contributed by atoms with Gasteiger partial charge in [0, 0.05) is 19.6 Å². The molecule has 0 saturated carbocycles. The summed E-state index contributed by atoms with van der Waals surface area (Å²) in [7, 11) is 0. The quantitative estimate of drug-likeness (QED) is 0.546. The van der Waals surface area contributed by atoms with Gasteiger partial charge >= 0.3 is 6.09 Å². The number of carbonyl (C=O) groups is 1. The van der Waals surface area contributed by atoms with Gasteiger partial charge in [-0.05, 0) is 34.7 Å². The third-order valence-electron chi connectivity index (χ3n) is 6.68. The normalized spacial score (nSPS) is 20.4. The third kappa shape index (κ3) is 4.50. The lowest BCUT2D eigenvalue weighted by Gasteiger charge is -2.34. The summed E-state index contributed by atoms with van der Waals surface area (Å²) in [6, 6.07) is 25.3. The molecule has 0 N–H and O–H groups in total. The van der Waals surface area contributed by atoms with Crippen LogP contribution in [0.4, 0.5) is 4.79 Å². The maximum atomic E-state index is 13.0. The van der Waals surface area contributed by atoms with Crippen molar-refractivity contribution in [3.63, 3.8) is 0 Å². The molecule has 2 aliphatic rings. The first-order valence-electron chi connectivity index (χ1n) is 11.6. The first-order chi connectivity index (χ1) is 15.8. The van der Waals surface area contributed by atoms with Crippen molar-refractivity contribution in [1.82, 2.24) is 9.80 Å². The van der Waals surface area contributed by atoms with E-state index in [4.69, 9.17) is 9.47 Å². The average molecular weight is 431 g/mol. The molecule has 2 fully saturated rings. The molecule has 2 unspecified atom stereocenters. The van der Waals surface area contributed by atoms with Crippen LogP contribution in [0.1, 0.15) is 23.6 Å². The molecule has 0 aromatic heterocycles. The van der Waals surface area contributed by atoms with Gasteiger partial charge in [-0.25, -0.2) is 4.79 Å². The molecule has 1 amide bonds. The topological polar surface area (TPSA) is 42.0 Å². The van der Waals surface area contributed by atoms with E-state index in [-0.39, 0.29) is 18.2 Å². The lowest BCUT2D eigenvalue weighted by molar-refractivity contribution is 0.0334. The molecule has 3 aromatic rings. The monoisotopic (exact) mass is 430 g/mol. The fraction of sp³-hybridized carbons (Fsp3) is 0.370. The molecule has 32 heavy (non-hydrogen) atoms. The number of morpholine rings is 1. The lowest BCUT2D eigenvalue weighted by atomic mass is 9.95. The van der Waals surface area contributed by atoms with Gasteiger partial charge < -0.3 is 9.47 Å². The number of hydrogen-bond donors (Lipinski definition) is 0. The van der Waals surface area contributed by atoms with E-state index in [1.54, 1.807) is 0 Å². The minimum Gasteiger partial charge on any atom is -0.447 e. The standard InChI is InChI=1S/C27H30N2O3/c30-27-29(24(20-32-27)19-23-11-6-10-21-7-4-5-12-25(21)23)26(22-8-2-1-3-9-22)13-14-28-15-17-31-18-16-28/h1-12,24,26H,13-20H2. The Balaban J connectivity index is 1.41. The molecule has 2 aliphatic heterocycles. The van der Waals surface area contributed by atoms with Crippen LogP contribution in [-0.2, 0) is 15.9 Å². The molecule has 166 valence electrons. The number of rotatable bonds is 7. The maximum absolute atomic E-state index is 13.0. The zero-order valence-electron chi connectivity index (χ0n) is 18.4. The third-order valence-corrected chi connectivity index (χ3v) is 6.68. The summed E-state index contributed by atoms with van der Waals surface area (Å²) >= 11 is 0. The van der Waals surface area contributed by atoms with Crippen molar-refractivity contribution >= 4 is 16.9 Å². The number of benzene rings is 3. The maximum Gasteiger partial charge on any atom is 0.410 e. The summed E-state index contributed by atoms with van der Waals surface area (Å²) in [4.78, 5) is 17.4. The molecule has 2 saturated heterocycles. The van der Waals surface area contributed by atoms with Crippen LogP contribution in [0.15, 0.2) is 72.8 Å². The fourth-order valence-corrected chi connectivity index (χ4v) is 5.01. The summed E-state index contributed by atoms with van der Waals surface area (Å²) in [6.07, 6.45) is 1.46. The predicted octanol–water partition coefficient (Wildman–Crippen LogP) is 4.67.